The molecule has 1 aliphatic rings. The van der Waals surface area contributed by atoms with Crippen molar-refractivity contribution < 1.29 is 21.6 Å². The van der Waals surface area contributed by atoms with Crippen LogP contribution in [0.4, 0.5) is 5.69 Å². The average molecular weight is 412 g/mol. The van der Waals surface area contributed by atoms with Gasteiger partial charge in [0.25, 0.3) is 5.89 Å². The van der Waals surface area contributed by atoms with Crippen LogP contribution in [0.5, 0.6) is 5.75 Å². The van der Waals surface area contributed by atoms with E-state index in [1.807, 2.05) is 6.92 Å². The van der Waals surface area contributed by atoms with Gasteiger partial charge in [0.05, 0.1) is 20.9 Å². The molecule has 0 unspecified atom stereocenters. The number of nitrogens with zero attached hydrogens (tertiary/aromatic N) is 3. The highest BCUT2D eigenvalue weighted by Gasteiger charge is 2.26. The van der Waals surface area contributed by atoms with Gasteiger partial charge in [0.2, 0.25) is 11.5 Å². The van der Waals surface area contributed by atoms with Crippen molar-refractivity contribution in [2.24, 2.45) is 0 Å². The maximum Gasteiger partial charge on any atom is 0.256 e. The third-order valence-electron chi connectivity index (χ3n) is 4.42. The van der Waals surface area contributed by atoms with Crippen LogP contribution in [0, 0.1) is 6.57 Å². The second-order valence-electron chi connectivity index (χ2n) is 6.88. The van der Waals surface area contributed by atoms with E-state index in [-0.39, 0.29) is 52.7 Å². The van der Waals surface area contributed by atoms with Crippen LogP contribution < -0.4 is 10.1 Å². The Morgan fingerprint density at radius 2 is 2.30 bits per heavy atom. The molecule has 154 valence electrons. The van der Waals surface area contributed by atoms with Crippen molar-refractivity contribution in [1.82, 2.24) is 15.5 Å². The van der Waals surface area contributed by atoms with Crippen molar-refractivity contribution in [3.63, 3.8) is 0 Å². The molecule has 0 saturated heterocycles. The van der Waals surface area contributed by atoms with Crippen molar-refractivity contribution in [1.29, 1.82) is 0 Å². The molecule has 1 aliphatic carbocycles. The minimum Gasteiger partial charge on any atom is -0.502 e. The molecule has 30 heavy (non-hydrogen) atoms. The van der Waals surface area contributed by atoms with Gasteiger partial charge in [0, 0.05) is 21.3 Å². The number of benzene rings is 2. The van der Waals surface area contributed by atoms with Crippen LogP contribution in [-0.4, -0.2) is 22.8 Å². The molecule has 1 atom stereocenters. The van der Waals surface area contributed by atoms with Crippen molar-refractivity contribution in [2.45, 2.75) is 52.1 Å². The van der Waals surface area contributed by atoms with Crippen molar-refractivity contribution in [2.75, 3.05) is 6.54 Å². The summed E-state index contributed by atoms with van der Waals surface area (Å²) in [7, 11) is 0. The SMILES string of the molecule is [2H]c1c([2H])c(-c2noc(-c3c([2H])c([2H])c(OC([2H])(C)C)c([N+]#[C-])c3[2H])n2)c2c(c1[2H])[C@@H](NCCC)C([2H])([2H])C2. The van der Waals surface area contributed by atoms with Gasteiger partial charge >= 0.3 is 0 Å². The normalized spacial score (nSPS) is 21.5. The predicted molar refractivity (Wildman–Crippen MR) is 117 cm³/mol. The van der Waals surface area contributed by atoms with Gasteiger partial charge in [-0.15, -0.1) is 0 Å². The highest BCUT2D eigenvalue weighted by Crippen LogP contribution is 2.38. The Hall–Kier alpha value is -3.17. The number of nitrogens with one attached hydrogen (secondary N) is 1. The summed E-state index contributed by atoms with van der Waals surface area (Å²) in [6, 6.07) is -3.55. The molecule has 1 heterocycles. The Bertz CT molecular complexity index is 1510. The number of fused-ring (bicyclic) bond motifs is 1. The summed E-state index contributed by atoms with van der Waals surface area (Å²) in [6.45, 7) is 12.7. The summed E-state index contributed by atoms with van der Waals surface area (Å²) in [5.41, 5.74) is -0.159. The summed E-state index contributed by atoms with van der Waals surface area (Å²) in [5, 5.41) is 7.00. The van der Waals surface area contributed by atoms with Crippen LogP contribution in [0.25, 0.3) is 27.7 Å². The Morgan fingerprint density at radius 1 is 1.43 bits per heavy atom. The van der Waals surface area contributed by atoms with E-state index in [1.54, 1.807) is 0 Å². The van der Waals surface area contributed by atoms with E-state index in [4.69, 9.17) is 28.2 Å². The molecule has 0 amide bonds. The third-order valence-corrected chi connectivity index (χ3v) is 4.42. The van der Waals surface area contributed by atoms with E-state index in [0.29, 0.717) is 12.1 Å². The van der Waals surface area contributed by atoms with Gasteiger partial charge in [-0.1, -0.05) is 30.2 Å². The first kappa shape index (κ1) is 11.9. The molecule has 1 N–H and O–H groups in total. The second kappa shape index (κ2) is 8.68. The lowest BCUT2D eigenvalue weighted by Crippen LogP contribution is -2.19. The van der Waals surface area contributed by atoms with Gasteiger partial charge in [-0.25, -0.2) is 4.85 Å². The van der Waals surface area contributed by atoms with Gasteiger partial charge in [-0.2, -0.15) is 4.98 Å². The van der Waals surface area contributed by atoms with Crippen molar-refractivity contribution >= 4 is 5.69 Å². The quantitative estimate of drug-likeness (QED) is 0.503. The zero-order valence-corrected chi connectivity index (χ0v) is 16.9. The lowest BCUT2D eigenvalue weighted by Gasteiger charge is -2.13. The maximum atomic E-state index is 8.56. The van der Waals surface area contributed by atoms with Gasteiger partial charge in [-0.05, 0) is 68.9 Å². The first-order chi connectivity index (χ1) is 18.1. The Kier molecular flexibility index (Phi) is 3.44. The average Bonchev–Trinajstić information content (AvgIpc) is 3.41. The van der Waals surface area contributed by atoms with Crippen LogP contribution in [0.1, 0.15) is 63.1 Å². The minimum absolute atomic E-state index is 0.0103. The molecule has 3 aromatic rings. The molecule has 1 aromatic heterocycles. The lowest BCUT2D eigenvalue weighted by molar-refractivity contribution is 0.244. The van der Waals surface area contributed by atoms with Crippen LogP contribution in [0.2, 0.25) is 0 Å². The predicted octanol–water partition coefficient (Wildman–Crippen LogP) is 5.73. The lowest BCUT2D eigenvalue weighted by atomic mass is 10.0. The molecule has 0 aliphatic heterocycles. The van der Waals surface area contributed by atoms with E-state index in [9.17, 15) is 0 Å². The fourth-order valence-corrected chi connectivity index (χ4v) is 3.11. The highest BCUT2D eigenvalue weighted by atomic mass is 16.5. The summed E-state index contributed by atoms with van der Waals surface area (Å²) in [6.07, 6.45) is -2.80. The van der Waals surface area contributed by atoms with E-state index >= 15 is 0 Å². The zero-order valence-electron chi connectivity index (χ0n) is 25.9. The van der Waals surface area contributed by atoms with Crippen LogP contribution >= 0.6 is 0 Å². The standard InChI is InChI=1S/C24H26N4O2/c1-5-13-26-20-11-10-17-18(20)7-6-8-19(17)23-27-24(30-28-23)16-9-12-22(29-15(2)3)21(14-16)25-4/h6-9,12,14-15,20,26H,5,10-11,13H2,1-3H3/t20-/m0/s1/i6D,7D,8D,9D,11D2,12D,14D,15D. The van der Waals surface area contributed by atoms with Crippen LogP contribution in [0.15, 0.2) is 40.8 Å². The fraction of sp³-hybridized carbons (Fsp3) is 0.375. The first-order valence-corrected chi connectivity index (χ1v) is 9.55. The van der Waals surface area contributed by atoms with E-state index in [2.05, 4.69) is 20.3 Å². The number of hydrogen-bond donors (Lipinski definition) is 1. The van der Waals surface area contributed by atoms with Crippen LogP contribution in [0.3, 0.4) is 0 Å². The smallest absolute Gasteiger partial charge is 0.256 e. The number of aromatic nitrogens is 2. The van der Waals surface area contributed by atoms with E-state index < -0.39 is 48.4 Å². The Labute approximate surface area is 189 Å². The van der Waals surface area contributed by atoms with Gasteiger partial charge in [0.15, 0.2) is 0 Å². The monoisotopic (exact) mass is 411 g/mol. The minimum atomic E-state index is -1.82. The molecule has 0 radical (unpaired) electrons. The van der Waals surface area contributed by atoms with Gasteiger partial charge in [-0.3, -0.25) is 0 Å². The topological polar surface area (TPSA) is 64.5 Å². The van der Waals surface area contributed by atoms with Crippen molar-refractivity contribution in [3.8, 4) is 28.6 Å². The van der Waals surface area contributed by atoms with Crippen molar-refractivity contribution in [3.05, 3.63) is 58.8 Å². The molecule has 0 fully saturated rings. The Morgan fingerprint density at radius 3 is 3.07 bits per heavy atom. The molecule has 4 rings (SSSR count). The van der Waals surface area contributed by atoms with E-state index in [1.165, 1.54) is 13.8 Å². The largest absolute Gasteiger partial charge is 0.502 e. The molecule has 0 saturated carbocycles. The second-order valence-corrected chi connectivity index (χ2v) is 6.88. The zero-order chi connectivity index (χ0) is 29.0. The number of hydrogen-bond acceptors (Lipinski definition) is 5. The fourth-order valence-electron chi connectivity index (χ4n) is 3.11. The molecule has 2 aromatic carbocycles. The molecular formula is C24H26N4O2. The molecule has 6 nitrogen and oxygen atoms in total. The van der Waals surface area contributed by atoms with Crippen LogP contribution in [-0.2, 0) is 6.42 Å². The molecule has 0 bridgehead atoms. The molecule has 6 heteroatoms. The summed E-state index contributed by atoms with van der Waals surface area (Å²) in [4.78, 5) is 7.52. The molecular weight excluding hydrogens is 376 g/mol. The molecule has 0 spiro atoms. The van der Waals surface area contributed by atoms with E-state index in [0.717, 1.165) is 6.42 Å². The number of ether oxygens (including phenoxy) is 1. The Balaban J connectivity index is 1.91. The highest BCUT2D eigenvalue weighted by molar-refractivity contribution is 5.70. The third kappa shape index (κ3) is 3.94. The van der Waals surface area contributed by atoms with Gasteiger partial charge in [0.1, 0.15) is 5.75 Å². The summed E-state index contributed by atoms with van der Waals surface area (Å²) >= 11 is 0. The first-order valence-electron chi connectivity index (χ1n) is 14.0. The van der Waals surface area contributed by atoms with Gasteiger partial charge < -0.3 is 14.6 Å². The summed E-state index contributed by atoms with van der Waals surface area (Å²) < 4.78 is 86.4. The maximum absolute atomic E-state index is 8.56. The number of rotatable bonds is 7. The summed E-state index contributed by atoms with van der Waals surface area (Å²) in [5.74, 6) is -0.965.